The summed E-state index contributed by atoms with van der Waals surface area (Å²) in [6, 6.07) is 0. The molecular formula is C9H14F3NO. The molecule has 5 heteroatoms. The van der Waals surface area contributed by atoms with Gasteiger partial charge in [0.05, 0.1) is 11.3 Å². The molecule has 1 aliphatic carbocycles. The molecule has 2 nitrogen and oxygen atoms in total. The van der Waals surface area contributed by atoms with Crippen LogP contribution in [-0.2, 0) is 4.79 Å². The average Bonchev–Trinajstić information content (AvgIpc) is 2.81. The van der Waals surface area contributed by atoms with E-state index in [1.165, 1.54) is 6.92 Å². The molecule has 0 aliphatic heterocycles. The van der Waals surface area contributed by atoms with Gasteiger partial charge in [0, 0.05) is 0 Å². The van der Waals surface area contributed by atoms with E-state index < -0.39 is 23.4 Å². The van der Waals surface area contributed by atoms with Crippen molar-refractivity contribution in [1.82, 2.24) is 0 Å². The number of hydrogen-bond donors (Lipinski definition) is 1. The maximum Gasteiger partial charge on any atom is 0.392 e. The lowest BCUT2D eigenvalue weighted by molar-refractivity contribution is -0.204. The summed E-state index contributed by atoms with van der Waals surface area (Å²) < 4.78 is 37.5. The van der Waals surface area contributed by atoms with Gasteiger partial charge in [0.15, 0.2) is 0 Å². The van der Waals surface area contributed by atoms with Gasteiger partial charge in [-0.1, -0.05) is 6.92 Å². The molecule has 82 valence electrons. The van der Waals surface area contributed by atoms with Gasteiger partial charge in [0.1, 0.15) is 0 Å². The van der Waals surface area contributed by atoms with Gasteiger partial charge < -0.3 is 5.73 Å². The van der Waals surface area contributed by atoms with Gasteiger partial charge in [0.2, 0.25) is 5.91 Å². The van der Waals surface area contributed by atoms with Crippen molar-refractivity contribution in [2.24, 2.45) is 23.0 Å². The number of carbonyl (C=O) groups is 1. The average molecular weight is 209 g/mol. The summed E-state index contributed by atoms with van der Waals surface area (Å²) in [6.07, 6.45) is -3.02. The fourth-order valence-electron chi connectivity index (χ4n) is 1.79. The lowest BCUT2D eigenvalue weighted by Gasteiger charge is -2.34. The SMILES string of the molecule is CC(C(F)(F)F)C(C)(C(N)=O)C1CC1. The highest BCUT2D eigenvalue weighted by Gasteiger charge is 2.57. The van der Waals surface area contributed by atoms with Gasteiger partial charge in [-0.2, -0.15) is 13.2 Å². The van der Waals surface area contributed by atoms with Gasteiger partial charge in [-0.05, 0) is 25.7 Å². The molecule has 0 spiro atoms. The van der Waals surface area contributed by atoms with Crippen molar-refractivity contribution >= 4 is 5.91 Å². The van der Waals surface area contributed by atoms with Gasteiger partial charge >= 0.3 is 6.18 Å². The summed E-state index contributed by atoms with van der Waals surface area (Å²) in [5.41, 5.74) is 3.64. The first-order chi connectivity index (χ1) is 6.20. The highest BCUT2D eigenvalue weighted by Crippen LogP contribution is 2.53. The normalized spacial score (nSPS) is 24.1. The molecule has 1 aliphatic rings. The van der Waals surface area contributed by atoms with E-state index in [0.29, 0.717) is 12.8 Å². The van der Waals surface area contributed by atoms with Crippen LogP contribution in [-0.4, -0.2) is 12.1 Å². The van der Waals surface area contributed by atoms with Crippen LogP contribution in [0.2, 0.25) is 0 Å². The van der Waals surface area contributed by atoms with E-state index in [4.69, 9.17) is 5.73 Å². The summed E-state index contributed by atoms with van der Waals surface area (Å²) in [7, 11) is 0. The number of carbonyl (C=O) groups excluding carboxylic acids is 1. The van der Waals surface area contributed by atoms with Gasteiger partial charge in [0.25, 0.3) is 0 Å². The van der Waals surface area contributed by atoms with Crippen molar-refractivity contribution in [3.63, 3.8) is 0 Å². The number of amides is 1. The molecular weight excluding hydrogens is 195 g/mol. The van der Waals surface area contributed by atoms with Crippen LogP contribution in [0.3, 0.4) is 0 Å². The molecule has 14 heavy (non-hydrogen) atoms. The molecule has 0 aromatic heterocycles. The molecule has 1 amide bonds. The van der Waals surface area contributed by atoms with Crippen molar-refractivity contribution < 1.29 is 18.0 Å². The summed E-state index contributed by atoms with van der Waals surface area (Å²) in [4.78, 5) is 11.1. The Morgan fingerprint density at radius 2 is 1.86 bits per heavy atom. The Kier molecular flexibility index (Phi) is 2.54. The van der Waals surface area contributed by atoms with E-state index in [1.54, 1.807) is 0 Å². The largest absolute Gasteiger partial charge is 0.392 e. The Labute approximate surface area is 80.7 Å². The summed E-state index contributed by atoms with van der Waals surface area (Å²) in [5.74, 6) is -2.71. The van der Waals surface area contributed by atoms with E-state index in [1.807, 2.05) is 0 Å². The number of hydrogen-bond acceptors (Lipinski definition) is 1. The van der Waals surface area contributed by atoms with E-state index in [9.17, 15) is 18.0 Å². The van der Waals surface area contributed by atoms with Crippen LogP contribution in [0, 0.1) is 17.3 Å². The quantitative estimate of drug-likeness (QED) is 0.759. The van der Waals surface area contributed by atoms with Crippen molar-refractivity contribution in [2.45, 2.75) is 32.9 Å². The molecule has 0 aromatic carbocycles. The Bertz CT molecular complexity index is 247. The molecule has 0 heterocycles. The molecule has 1 rings (SSSR count). The van der Waals surface area contributed by atoms with Crippen molar-refractivity contribution in [3.05, 3.63) is 0 Å². The minimum Gasteiger partial charge on any atom is -0.369 e. The summed E-state index contributed by atoms with van der Waals surface area (Å²) >= 11 is 0. The van der Waals surface area contributed by atoms with Gasteiger partial charge in [-0.15, -0.1) is 0 Å². The van der Waals surface area contributed by atoms with Crippen molar-refractivity contribution in [2.75, 3.05) is 0 Å². The highest BCUT2D eigenvalue weighted by molar-refractivity contribution is 5.81. The zero-order valence-electron chi connectivity index (χ0n) is 8.19. The second-order valence-electron chi connectivity index (χ2n) is 4.18. The minimum absolute atomic E-state index is 0.198. The molecule has 1 saturated carbocycles. The second kappa shape index (κ2) is 3.14. The fraction of sp³-hybridized carbons (Fsp3) is 0.889. The Balaban J connectivity index is 2.93. The van der Waals surface area contributed by atoms with Crippen molar-refractivity contribution in [1.29, 1.82) is 0 Å². The van der Waals surface area contributed by atoms with Crippen LogP contribution in [0.1, 0.15) is 26.7 Å². The lowest BCUT2D eigenvalue weighted by Crippen LogP contribution is -2.47. The zero-order chi connectivity index (χ0) is 11.1. The Hall–Kier alpha value is -0.740. The first-order valence-corrected chi connectivity index (χ1v) is 4.57. The van der Waals surface area contributed by atoms with Crippen LogP contribution in [0.25, 0.3) is 0 Å². The predicted molar refractivity (Wildman–Crippen MR) is 45.2 cm³/mol. The molecule has 0 saturated heterocycles. The summed E-state index contributed by atoms with van der Waals surface area (Å²) in [5, 5.41) is 0. The van der Waals surface area contributed by atoms with Crippen LogP contribution >= 0.6 is 0 Å². The van der Waals surface area contributed by atoms with E-state index in [0.717, 1.165) is 6.92 Å². The molecule has 2 atom stereocenters. The summed E-state index contributed by atoms with van der Waals surface area (Å²) in [6.45, 7) is 2.36. The third-order valence-corrected chi connectivity index (χ3v) is 3.35. The predicted octanol–water partition coefficient (Wildman–Crippen LogP) is 2.09. The van der Waals surface area contributed by atoms with Crippen LogP contribution in [0.15, 0.2) is 0 Å². The molecule has 1 fully saturated rings. The first kappa shape index (κ1) is 11.3. The van der Waals surface area contributed by atoms with E-state index in [2.05, 4.69) is 0 Å². The number of halogens is 3. The van der Waals surface area contributed by atoms with E-state index >= 15 is 0 Å². The molecule has 0 bridgehead atoms. The van der Waals surface area contributed by atoms with Crippen LogP contribution in [0.5, 0.6) is 0 Å². The third-order valence-electron chi connectivity index (χ3n) is 3.35. The maximum absolute atomic E-state index is 12.5. The Morgan fingerprint density at radius 1 is 1.43 bits per heavy atom. The zero-order valence-corrected chi connectivity index (χ0v) is 8.19. The second-order valence-corrected chi connectivity index (χ2v) is 4.18. The third kappa shape index (κ3) is 1.72. The van der Waals surface area contributed by atoms with E-state index in [-0.39, 0.29) is 5.92 Å². The lowest BCUT2D eigenvalue weighted by atomic mass is 9.73. The molecule has 0 radical (unpaired) electrons. The fourth-order valence-corrected chi connectivity index (χ4v) is 1.79. The topological polar surface area (TPSA) is 43.1 Å². The number of rotatable bonds is 3. The van der Waals surface area contributed by atoms with Gasteiger partial charge in [-0.3, -0.25) is 4.79 Å². The standard InChI is InChI=1S/C9H14F3NO/c1-5(9(10,11)12)8(2,7(13)14)6-3-4-6/h5-6H,3-4H2,1-2H3,(H2,13,14). The highest BCUT2D eigenvalue weighted by atomic mass is 19.4. The van der Waals surface area contributed by atoms with Crippen LogP contribution < -0.4 is 5.73 Å². The molecule has 2 N–H and O–H groups in total. The monoisotopic (exact) mass is 209 g/mol. The van der Waals surface area contributed by atoms with Crippen LogP contribution in [0.4, 0.5) is 13.2 Å². The van der Waals surface area contributed by atoms with Gasteiger partial charge in [-0.25, -0.2) is 0 Å². The number of nitrogens with two attached hydrogens (primary N) is 1. The first-order valence-electron chi connectivity index (χ1n) is 4.57. The molecule has 0 aromatic rings. The Morgan fingerprint density at radius 3 is 2.07 bits per heavy atom. The number of alkyl halides is 3. The molecule has 2 unspecified atom stereocenters. The number of primary amides is 1. The maximum atomic E-state index is 12.5. The smallest absolute Gasteiger partial charge is 0.369 e. The van der Waals surface area contributed by atoms with Crippen molar-refractivity contribution in [3.8, 4) is 0 Å². The minimum atomic E-state index is -4.35.